The SMILES string of the molecule is Cc1cc(C)n(CC(=O)N2CCC(OCCO)CC2)n1. The molecule has 0 aromatic carbocycles. The number of ether oxygens (including phenoxy) is 1. The van der Waals surface area contributed by atoms with E-state index in [0.717, 1.165) is 24.2 Å². The van der Waals surface area contributed by atoms with Crippen molar-refractivity contribution in [1.29, 1.82) is 0 Å². The minimum Gasteiger partial charge on any atom is -0.394 e. The molecule has 2 heterocycles. The van der Waals surface area contributed by atoms with Crippen LogP contribution in [0.15, 0.2) is 6.07 Å². The second-order valence-electron chi connectivity index (χ2n) is 5.26. The number of rotatable bonds is 5. The number of hydrogen-bond donors (Lipinski definition) is 1. The molecular weight excluding hydrogens is 258 g/mol. The number of aromatic nitrogens is 2. The minimum atomic E-state index is 0.0527. The van der Waals surface area contributed by atoms with E-state index in [2.05, 4.69) is 5.10 Å². The van der Waals surface area contributed by atoms with Crippen molar-refractivity contribution in [3.63, 3.8) is 0 Å². The van der Waals surface area contributed by atoms with Crippen LogP contribution in [-0.2, 0) is 16.1 Å². The van der Waals surface area contributed by atoms with Crippen LogP contribution >= 0.6 is 0 Å². The zero-order valence-corrected chi connectivity index (χ0v) is 12.2. The fraction of sp³-hybridized carbons (Fsp3) is 0.714. The first kappa shape index (κ1) is 15.0. The Morgan fingerprint density at radius 2 is 2.15 bits per heavy atom. The van der Waals surface area contributed by atoms with E-state index in [0.29, 0.717) is 26.2 Å². The average Bonchev–Trinajstić information content (AvgIpc) is 2.75. The van der Waals surface area contributed by atoms with Gasteiger partial charge < -0.3 is 14.7 Å². The fourth-order valence-corrected chi connectivity index (χ4v) is 2.55. The molecule has 112 valence electrons. The van der Waals surface area contributed by atoms with E-state index in [-0.39, 0.29) is 18.6 Å². The van der Waals surface area contributed by atoms with Crippen LogP contribution in [0.2, 0.25) is 0 Å². The van der Waals surface area contributed by atoms with Gasteiger partial charge in [0, 0.05) is 18.8 Å². The number of aryl methyl sites for hydroxylation is 2. The molecule has 0 bridgehead atoms. The average molecular weight is 281 g/mol. The Hall–Kier alpha value is -1.40. The van der Waals surface area contributed by atoms with Crippen LogP contribution < -0.4 is 0 Å². The summed E-state index contributed by atoms with van der Waals surface area (Å²) in [6, 6.07) is 1.97. The summed E-state index contributed by atoms with van der Waals surface area (Å²) in [5.41, 5.74) is 1.95. The van der Waals surface area contributed by atoms with Crippen LogP contribution in [0.1, 0.15) is 24.2 Å². The number of aliphatic hydroxyl groups is 1. The van der Waals surface area contributed by atoms with Gasteiger partial charge in [0.2, 0.25) is 5.91 Å². The molecule has 1 amide bonds. The van der Waals surface area contributed by atoms with Crippen molar-refractivity contribution < 1.29 is 14.6 Å². The van der Waals surface area contributed by atoms with Gasteiger partial charge in [-0.15, -0.1) is 0 Å². The number of likely N-dealkylation sites (tertiary alicyclic amines) is 1. The zero-order valence-electron chi connectivity index (χ0n) is 12.2. The molecule has 0 radical (unpaired) electrons. The van der Waals surface area contributed by atoms with Gasteiger partial charge in [-0.25, -0.2) is 0 Å². The van der Waals surface area contributed by atoms with E-state index >= 15 is 0 Å². The highest BCUT2D eigenvalue weighted by Crippen LogP contribution is 2.14. The van der Waals surface area contributed by atoms with Crippen molar-refractivity contribution in [3.8, 4) is 0 Å². The molecule has 1 saturated heterocycles. The monoisotopic (exact) mass is 281 g/mol. The maximum atomic E-state index is 12.2. The van der Waals surface area contributed by atoms with E-state index in [9.17, 15) is 4.79 Å². The summed E-state index contributed by atoms with van der Waals surface area (Å²) in [6.07, 6.45) is 1.84. The molecule has 1 aromatic rings. The number of carbonyl (C=O) groups is 1. The maximum absolute atomic E-state index is 12.2. The highest BCUT2D eigenvalue weighted by atomic mass is 16.5. The molecule has 0 unspecified atom stereocenters. The summed E-state index contributed by atoms with van der Waals surface area (Å²) >= 11 is 0. The molecule has 6 nitrogen and oxygen atoms in total. The van der Waals surface area contributed by atoms with E-state index < -0.39 is 0 Å². The van der Waals surface area contributed by atoms with Crippen LogP contribution in [0.3, 0.4) is 0 Å². The first-order valence-corrected chi connectivity index (χ1v) is 7.11. The third-order valence-electron chi connectivity index (χ3n) is 3.63. The summed E-state index contributed by atoms with van der Waals surface area (Å²) < 4.78 is 7.25. The lowest BCUT2D eigenvalue weighted by molar-refractivity contribution is -0.134. The normalized spacial score (nSPS) is 16.6. The van der Waals surface area contributed by atoms with E-state index in [4.69, 9.17) is 9.84 Å². The van der Waals surface area contributed by atoms with Crippen LogP contribution in [0.25, 0.3) is 0 Å². The van der Waals surface area contributed by atoms with Crippen molar-refractivity contribution in [1.82, 2.24) is 14.7 Å². The van der Waals surface area contributed by atoms with E-state index in [1.54, 1.807) is 4.68 Å². The molecule has 0 saturated carbocycles. The maximum Gasteiger partial charge on any atom is 0.244 e. The molecule has 0 aliphatic carbocycles. The largest absolute Gasteiger partial charge is 0.394 e. The minimum absolute atomic E-state index is 0.0527. The summed E-state index contributed by atoms with van der Waals surface area (Å²) in [5, 5.41) is 13.0. The fourth-order valence-electron chi connectivity index (χ4n) is 2.55. The van der Waals surface area contributed by atoms with Gasteiger partial charge in [0.1, 0.15) is 6.54 Å². The van der Waals surface area contributed by atoms with Crippen molar-refractivity contribution in [3.05, 3.63) is 17.5 Å². The molecule has 1 N–H and O–H groups in total. The van der Waals surface area contributed by atoms with Crippen molar-refractivity contribution in [2.75, 3.05) is 26.3 Å². The van der Waals surface area contributed by atoms with Gasteiger partial charge >= 0.3 is 0 Å². The molecule has 6 heteroatoms. The highest BCUT2D eigenvalue weighted by Gasteiger charge is 2.23. The van der Waals surface area contributed by atoms with Gasteiger partial charge in [0.25, 0.3) is 0 Å². The number of nitrogens with zero attached hydrogens (tertiary/aromatic N) is 3. The number of hydrogen-bond acceptors (Lipinski definition) is 4. The standard InChI is InChI=1S/C14H23N3O3/c1-11-9-12(2)17(15-11)10-14(19)16-5-3-13(4-6-16)20-8-7-18/h9,13,18H,3-8,10H2,1-2H3. The van der Waals surface area contributed by atoms with Crippen LogP contribution in [-0.4, -0.2) is 58.1 Å². The Morgan fingerprint density at radius 1 is 1.45 bits per heavy atom. The first-order chi connectivity index (χ1) is 9.60. The molecule has 0 spiro atoms. The third kappa shape index (κ3) is 3.80. The Kier molecular flexibility index (Phi) is 5.14. The van der Waals surface area contributed by atoms with Gasteiger partial charge in [-0.1, -0.05) is 0 Å². The lowest BCUT2D eigenvalue weighted by atomic mass is 10.1. The third-order valence-corrected chi connectivity index (χ3v) is 3.63. The predicted octanol–water partition coefficient (Wildman–Crippen LogP) is 0.500. The van der Waals surface area contributed by atoms with Crippen LogP contribution in [0, 0.1) is 13.8 Å². The number of piperidine rings is 1. The second kappa shape index (κ2) is 6.85. The zero-order chi connectivity index (χ0) is 14.5. The summed E-state index contributed by atoms with van der Waals surface area (Å²) in [6.45, 7) is 6.06. The van der Waals surface area contributed by atoms with Gasteiger partial charge in [-0.3, -0.25) is 9.48 Å². The molecule has 1 aliphatic rings. The quantitative estimate of drug-likeness (QED) is 0.853. The Morgan fingerprint density at radius 3 is 2.70 bits per heavy atom. The molecule has 1 fully saturated rings. The Labute approximate surface area is 119 Å². The number of aliphatic hydroxyl groups excluding tert-OH is 1. The van der Waals surface area contributed by atoms with Gasteiger partial charge in [-0.2, -0.15) is 5.10 Å². The van der Waals surface area contributed by atoms with Crippen molar-refractivity contribution >= 4 is 5.91 Å². The topological polar surface area (TPSA) is 67.6 Å². The van der Waals surface area contributed by atoms with Gasteiger partial charge in [-0.05, 0) is 32.8 Å². The Bertz CT molecular complexity index is 451. The van der Waals surface area contributed by atoms with E-state index in [1.165, 1.54) is 0 Å². The lowest BCUT2D eigenvalue weighted by Crippen LogP contribution is -2.42. The molecule has 0 atom stereocenters. The molecule has 20 heavy (non-hydrogen) atoms. The molecule has 2 rings (SSSR count). The van der Waals surface area contributed by atoms with Gasteiger partial charge in [0.15, 0.2) is 0 Å². The summed E-state index contributed by atoms with van der Waals surface area (Å²) in [7, 11) is 0. The smallest absolute Gasteiger partial charge is 0.244 e. The molecule has 1 aromatic heterocycles. The summed E-state index contributed by atoms with van der Waals surface area (Å²) in [4.78, 5) is 14.1. The number of amides is 1. The number of carbonyl (C=O) groups excluding carboxylic acids is 1. The van der Waals surface area contributed by atoms with Gasteiger partial charge in [0.05, 0.1) is 25.0 Å². The molecule has 1 aliphatic heterocycles. The highest BCUT2D eigenvalue weighted by molar-refractivity contribution is 5.76. The lowest BCUT2D eigenvalue weighted by Gasteiger charge is -2.32. The van der Waals surface area contributed by atoms with Crippen LogP contribution in [0.5, 0.6) is 0 Å². The van der Waals surface area contributed by atoms with Crippen molar-refractivity contribution in [2.45, 2.75) is 39.3 Å². The first-order valence-electron chi connectivity index (χ1n) is 7.11. The van der Waals surface area contributed by atoms with E-state index in [1.807, 2.05) is 24.8 Å². The second-order valence-corrected chi connectivity index (χ2v) is 5.26. The predicted molar refractivity (Wildman–Crippen MR) is 74.3 cm³/mol. The Balaban J connectivity index is 1.81. The van der Waals surface area contributed by atoms with Crippen molar-refractivity contribution in [2.24, 2.45) is 0 Å². The molecular formula is C14H23N3O3. The van der Waals surface area contributed by atoms with Crippen LogP contribution in [0.4, 0.5) is 0 Å². The summed E-state index contributed by atoms with van der Waals surface area (Å²) in [5.74, 6) is 0.108.